The number of nitrogens with one attached hydrogen (secondary N) is 2. The molecule has 0 aliphatic heterocycles. The fourth-order valence-electron chi connectivity index (χ4n) is 4.24. The Hall–Kier alpha value is -4.08. The van der Waals surface area contributed by atoms with E-state index < -0.39 is 53.2 Å². The first kappa shape index (κ1) is 34.1. The molecule has 3 unspecified atom stereocenters. The molecule has 0 fully saturated rings. The smallest absolute Gasteiger partial charge is 0.408 e. The molecule has 3 N–H and O–H groups in total. The molecule has 42 heavy (non-hydrogen) atoms. The lowest BCUT2D eigenvalue weighted by atomic mass is 10.00. The molecular weight excluding hydrogens is 538 g/mol. The van der Waals surface area contributed by atoms with E-state index in [-0.39, 0.29) is 24.3 Å². The zero-order chi connectivity index (χ0) is 31.7. The number of rotatable bonds is 11. The Balaban J connectivity index is 2.49. The quantitative estimate of drug-likeness (QED) is 0.328. The number of phenols is 1. The van der Waals surface area contributed by atoms with E-state index in [2.05, 4.69) is 10.6 Å². The Labute approximate surface area is 248 Å². The van der Waals surface area contributed by atoms with Crippen LogP contribution in [0.15, 0.2) is 54.6 Å². The molecule has 2 aromatic carbocycles. The number of hydrogen-bond donors (Lipinski definition) is 3. The predicted molar refractivity (Wildman–Crippen MR) is 160 cm³/mol. The normalized spacial score (nSPS) is 13.7. The number of nitrogens with zero attached hydrogens (tertiary/aromatic N) is 1. The first-order valence-electron chi connectivity index (χ1n) is 14.2. The molecule has 2 rings (SSSR count). The topological polar surface area (TPSA) is 134 Å². The van der Waals surface area contributed by atoms with Crippen molar-refractivity contribution in [3.63, 3.8) is 0 Å². The largest absolute Gasteiger partial charge is 0.508 e. The first-order valence-corrected chi connectivity index (χ1v) is 14.2. The van der Waals surface area contributed by atoms with Crippen LogP contribution in [0.2, 0.25) is 0 Å². The van der Waals surface area contributed by atoms with E-state index in [1.54, 1.807) is 59.7 Å². The monoisotopic (exact) mass is 583 g/mol. The van der Waals surface area contributed by atoms with Crippen LogP contribution < -0.4 is 10.6 Å². The van der Waals surface area contributed by atoms with Crippen molar-refractivity contribution >= 4 is 23.9 Å². The molecule has 0 spiro atoms. The summed E-state index contributed by atoms with van der Waals surface area (Å²) in [4.78, 5) is 54.8. The van der Waals surface area contributed by atoms with E-state index in [1.807, 2.05) is 37.3 Å². The van der Waals surface area contributed by atoms with Crippen LogP contribution in [0.1, 0.15) is 79.0 Å². The zero-order valence-corrected chi connectivity index (χ0v) is 25.9. The molecular formula is C32H45N3O7. The van der Waals surface area contributed by atoms with Gasteiger partial charge in [0, 0.05) is 18.5 Å². The molecule has 3 amide bonds. The molecule has 0 aliphatic rings. The van der Waals surface area contributed by atoms with Crippen LogP contribution in [0, 0.1) is 0 Å². The van der Waals surface area contributed by atoms with E-state index in [1.165, 1.54) is 17.9 Å². The summed E-state index contributed by atoms with van der Waals surface area (Å²) in [6, 6.07) is 11.9. The third-order valence-corrected chi connectivity index (χ3v) is 5.93. The van der Waals surface area contributed by atoms with Gasteiger partial charge in [-0.15, -0.1) is 0 Å². The maximum absolute atomic E-state index is 14.1. The standard InChI is InChI=1S/C32H45N3O7/c1-9-19-35(28(38)21(2)33-30(40)42-32(6,7)8)26(23-17-13-14-18-25(23)36)27(37)34-24(29(39)41-31(3,4)5)20-22-15-11-10-12-16-22/h10-18,21,24,26,36H,9,19-20H2,1-8H3,(H,33,40)(H,34,37). The van der Waals surface area contributed by atoms with Gasteiger partial charge in [0.25, 0.3) is 0 Å². The molecule has 0 saturated heterocycles. The summed E-state index contributed by atoms with van der Waals surface area (Å²) in [5, 5.41) is 16.1. The van der Waals surface area contributed by atoms with Crippen molar-refractivity contribution < 1.29 is 33.8 Å². The highest BCUT2D eigenvalue weighted by molar-refractivity contribution is 5.94. The van der Waals surface area contributed by atoms with Gasteiger partial charge in [-0.05, 0) is 66.5 Å². The average Bonchev–Trinajstić information content (AvgIpc) is 2.87. The summed E-state index contributed by atoms with van der Waals surface area (Å²) in [7, 11) is 0. The fraction of sp³-hybridized carbons (Fsp3) is 0.500. The molecule has 10 nitrogen and oxygen atoms in total. The number of carbonyl (C=O) groups excluding carboxylic acids is 4. The zero-order valence-electron chi connectivity index (χ0n) is 25.9. The number of carbonyl (C=O) groups is 4. The number of amides is 3. The van der Waals surface area contributed by atoms with Crippen LogP contribution in [0.3, 0.4) is 0 Å². The average molecular weight is 584 g/mol. The van der Waals surface area contributed by atoms with Crippen LogP contribution in [0.25, 0.3) is 0 Å². The number of ether oxygens (including phenoxy) is 2. The van der Waals surface area contributed by atoms with Crippen molar-refractivity contribution in [2.45, 2.75) is 97.6 Å². The number of para-hydroxylation sites is 1. The highest BCUT2D eigenvalue weighted by atomic mass is 16.6. The Kier molecular flexibility index (Phi) is 11.9. The molecule has 3 atom stereocenters. The Morgan fingerprint density at radius 1 is 0.857 bits per heavy atom. The summed E-state index contributed by atoms with van der Waals surface area (Å²) in [5.74, 6) is -2.09. The lowest BCUT2D eigenvalue weighted by Gasteiger charge is -2.34. The lowest BCUT2D eigenvalue weighted by molar-refractivity contribution is -0.159. The summed E-state index contributed by atoms with van der Waals surface area (Å²) in [6.45, 7) is 13.8. The minimum Gasteiger partial charge on any atom is -0.508 e. The maximum Gasteiger partial charge on any atom is 0.408 e. The Bertz CT molecular complexity index is 1220. The number of hydrogen-bond acceptors (Lipinski definition) is 7. The summed E-state index contributed by atoms with van der Waals surface area (Å²) < 4.78 is 10.9. The van der Waals surface area contributed by atoms with Crippen LogP contribution in [-0.2, 0) is 30.3 Å². The molecule has 0 heterocycles. The van der Waals surface area contributed by atoms with Crippen LogP contribution in [0.5, 0.6) is 5.75 Å². The molecule has 2 aromatic rings. The van der Waals surface area contributed by atoms with Gasteiger partial charge in [-0.3, -0.25) is 9.59 Å². The molecule has 0 radical (unpaired) electrons. The Morgan fingerprint density at radius 2 is 1.43 bits per heavy atom. The van der Waals surface area contributed by atoms with Gasteiger partial charge in [-0.2, -0.15) is 0 Å². The molecule has 0 aromatic heterocycles. The third kappa shape index (κ3) is 10.7. The SMILES string of the molecule is CCCN(C(=O)C(C)NC(=O)OC(C)(C)C)C(C(=O)NC(Cc1ccccc1)C(=O)OC(C)(C)C)c1ccccc1O. The number of benzene rings is 2. The van der Waals surface area contributed by atoms with Gasteiger partial charge >= 0.3 is 12.1 Å². The van der Waals surface area contributed by atoms with Gasteiger partial charge in [0.05, 0.1) is 0 Å². The summed E-state index contributed by atoms with van der Waals surface area (Å²) >= 11 is 0. The van der Waals surface area contributed by atoms with E-state index in [9.17, 15) is 24.3 Å². The molecule has 10 heteroatoms. The van der Waals surface area contributed by atoms with E-state index >= 15 is 0 Å². The van der Waals surface area contributed by atoms with Crippen LogP contribution in [-0.4, -0.2) is 63.7 Å². The number of aromatic hydroxyl groups is 1. The van der Waals surface area contributed by atoms with Gasteiger partial charge < -0.3 is 30.1 Å². The lowest BCUT2D eigenvalue weighted by Crippen LogP contribution is -2.54. The molecule has 230 valence electrons. The van der Waals surface area contributed by atoms with Gasteiger partial charge in [0.1, 0.15) is 35.1 Å². The van der Waals surface area contributed by atoms with Gasteiger partial charge in [0.2, 0.25) is 11.8 Å². The molecule has 0 bridgehead atoms. The van der Waals surface area contributed by atoms with Crippen LogP contribution >= 0.6 is 0 Å². The number of alkyl carbamates (subject to hydrolysis) is 1. The fourth-order valence-corrected chi connectivity index (χ4v) is 4.24. The van der Waals surface area contributed by atoms with Crippen molar-refractivity contribution in [2.24, 2.45) is 0 Å². The minimum atomic E-state index is -1.32. The molecule has 0 saturated carbocycles. The predicted octanol–water partition coefficient (Wildman–Crippen LogP) is 4.65. The first-order chi connectivity index (χ1) is 19.5. The van der Waals surface area contributed by atoms with Crippen molar-refractivity contribution in [2.75, 3.05) is 6.54 Å². The van der Waals surface area contributed by atoms with E-state index in [0.717, 1.165) is 5.56 Å². The van der Waals surface area contributed by atoms with Crippen LogP contribution in [0.4, 0.5) is 4.79 Å². The summed E-state index contributed by atoms with van der Waals surface area (Å²) in [6.07, 6.45) is -0.161. The van der Waals surface area contributed by atoms with Gasteiger partial charge in [0.15, 0.2) is 0 Å². The highest BCUT2D eigenvalue weighted by Crippen LogP contribution is 2.30. The van der Waals surface area contributed by atoms with Crippen molar-refractivity contribution in [1.82, 2.24) is 15.5 Å². The minimum absolute atomic E-state index is 0.126. The van der Waals surface area contributed by atoms with Crippen molar-refractivity contribution in [3.05, 3.63) is 65.7 Å². The second-order valence-electron chi connectivity index (χ2n) is 12.1. The number of esters is 1. The van der Waals surface area contributed by atoms with Gasteiger partial charge in [-0.1, -0.05) is 55.5 Å². The maximum atomic E-state index is 14.1. The van der Waals surface area contributed by atoms with Gasteiger partial charge in [-0.25, -0.2) is 9.59 Å². The van der Waals surface area contributed by atoms with E-state index in [0.29, 0.717) is 6.42 Å². The summed E-state index contributed by atoms with van der Waals surface area (Å²) in [5.41, 5.74) is -0.613. The highest BCUT2D eigenvalue weighted by Gasteiger charge is 2.38. The van der Waals surface area contributed by atoms with E-state index in [4.69, 9.17) is 9.47 Å². The van der Waals surface area contributed by atoms with Crippen molar-refractivity contribution in [3.8, 4) is 5.75 Å². The second kappa shape index (κ2) is 14.7. The Morgan fingerprint density at radius 3 is 1.98 bits per heavy atom. The third-order valence-electron chi connectivity index (χ3n) is 5.93. The number of phenolic OH excluding ortho intramolecular Hbond substituents is 1. The molecule has 0 aliphatic carbocycles. The van der Waals surface area contributed by atoms with Crippen molar-refractivity contribution in [1.29, 1.82) is 0 Å². The second-order valence-corrected chi connectivity index (χ2v) is 12.1.